The van der Waals surface area contributed by atoms with E-state index in [9.17, 15) is 12.6 Å². The maximum absolute atomic E-state index is 12.9. The standard InChI is InChI=1S/C14H18ClNO3S2/c15-11-3-5-12(6-4-11)21(18,19)14-10-20(17)9-13(14)16-7-1-2-8-16/h3-6,13-14H,1-2,7-10H2/t13-,14-,20?/m0/s1. The van der Waals surface area contributed by atoms with Crippen molar-refractivity contribution in [2.75, 3.05) is 24.6 Å². The fourth-order valence-corrected chi connectivity index (χ4v) is 7.68. The first kappa shape index (κ1) is 15.5. The maximum Gasteiger partial charge on any atom is 0.183 e. The van der Waals surface area contributed by atoms with Crippen LogP contribution in [0.25, 0.3) is 0 Å². The Labute approximate surface area is 132 Å². The second-order valence-corrected chi connectivity index (χ2v) is 9.77. The molecule has 2 aliphatic rings. The van der Waals surface area contributed by atoms with Crippen LogP contribution in [0.1, 0.15) is 12.8 Å². The molecule has 0 saturated carbocycles. The molecule has 3 rings (SSSR count). The Balaban J connectivity index is 1.92. The van der Waals surface area contributed by atoms with Crippen LogP contribution >= 0.6 is 11.6 Å². The third-order valence-corrected chi connectivity index (χ3v) is 8.40. The molecule has 1 aromatic rings. The van der Waals surface area contributed by atoms with Crippen LogP contribution in [0.2, 0.25) is 5.02 Å². The number of likely N-dealkylation sites (tertiary alicyclic amines) is 1. The molecule has 7 heteroatoms. The smallest absolute Gasteiger partial charge is 0.183 e. The van der Waals surface area contributed by atoms with E-state index in [0.717, 1.165) is 25.9 Å². The van der Waals surface area contributed by atoms with E-state index in [1.807, 2.05) is 0 Å². The van der Waals surface area contributed by atoms with Gasteiger partial charge in [-0.1, -0.05) is 11.6 Å². The summed E-state index contributed by atoms with van der Waals surface area (Å²) in [6.45, 7) is 1.82. The molecule has 0 radical (unpaired) electrons. The normalized spacial score (nSPS) is 30.8. The van der Waals surface area contributed by atoms with Gasteiger partial charge in [0.25, 0.3) is 0 Å². The van der Waals surface area contributed by atoms with E-state index in [4.69, 9.17) is 11.6 Å². The van der Waals surface area contributed by atoms with Gasteiger partial charge in [0.05, 0.1) is 10.1 Å². The Morgan fingerprint density at radius 2 is 1.71 bits per heavy atom. The summed E-state index contributed by atoms with van der Waals surface area (Å²) in [5.74, 6) is 0.712. The van der Waals surface area contributed by atoms with Crippen LogP contribution in [-0.2, 0) is 20.6 Å². The molecule has 2 fully saturated rings. The Kier molecular flexibility index (Phi) is 4.41. The van der Waals surface area contributed by atoms with Crippen LogP contribution in [0.3, 0.4) is 0 Å². The molecule has 0 amide bonds. The number of sulfone groups is 1. The maximum atomic E-state index is 12.9. The lowest BCUT2D eigenvalue weighted by atomic mass is 10.2. The summed E-state index contributed by atoms with van der Waals surface area (Å²) >= 11 is 5.83. The lowest BCUT2D eigenvalue weighted by Gasteiger charge is -2.27. The van der Waals surface area contributed by atoms with Crippen molar-refractivity contribution >= 4 is 32.2 Å². The number of hydrogen-bond acceptors (Lipinski definition) is 4. The molecule has 3 atom stereocenters. The lowest BCUT2D eigenvalue weighted by molar-refractivity contribution is 0.265. The van der Waals surface area contributed by atoms with Crippen LogP contribution in [0.5, 0.6) is 0 Å². The molecule has 2 aliphatic heterocycles. The third-order valence-electron chi connectivity index (χ3n) is 4.29. The van der Waals surface area contributed by atoms with Gasteiger partial charge in [-0.2, -0.15) is 0 Å². The van der Waals surface area contributed by atoms with Crippen molar-refractivity contribution < 1.29 is 12.6 Å². The van der Waals surface area contributed by atoms with E-state index in [1.165, 1.54) is 0 Å². The van der Waals surface area contributed by atoms with Gasteiger partial charge in [0, 0.05) is 33.4 Å². The number of halogens is 1. The molecule has 4 nitrogen and oxygen atoms in total. The predicted molar refractivity (Wildman–Crippen MR) is 84.9 cm³/mol. The molecular weight excluding hydrogens is 330 g/mol. The number of rotatable bonds is 3. The summed E-state index contributed by atoms with van der Waals surface area (Å²) in [4.78, 5) is 2.48. The highest BCUT2D eigenvalue weighted by Gasteiger charge is 2.45. The quantitative estimate of drug-likeness (QED) is 0.835. The van der Waals surface area contributed by atoms with Crippen LogP contribution in [0.4, 0.5) is 0 Å². The van der Waals surface area contributed by atoms with Crippen molar-refractivity contribution in [2.45, 2.75) is 29.0 Å². The van der Waals surface area contributed by atoms with Gasteiger partial charge < -0.3 is 0 Å². The first-order chi connectivity index (χ1) is 9.98. The van der Waals surface area contributed by atoms with Gasteiger partial charge in [0.2, 0.25) is 0 Å². The largest absolute Gasteiger partial charge is 0.298 e. The minimum atomic E-state index is -3.47. The van der Waals surface area contributed by atoms with E-state index in [2.05, 4.69) is 4.90 Å². The minimum Gasteiger partial charge on any atom is -0.298 e. The molecule has 2 heterocycles. The Morgan fingerprint density at radius 3 is 2.33 bits per heavy atom. The zero-order valence-electron chi connectivity index (χ0n) is 11.6. The molecule has 21 heavy (non-hydrogen) atoms. The van der Waals surface area contributed by atoms with Gasteiger partial charge in [-0.15, -0.1) is 0 Å². The zero-order chi connectivity index (χ0) is 15.0. The van der Waals surface area contributed by atoms with Crippen LogP contribution < -0.4 is 0 Å². The summed E-state index contributed by atoms with van der Waals surface area (Å²) in [5.41, 5.74) is 0. The van der Waals surface area contributed by atoms with Crippen molar-refractivity contribution in [1.82, 2.24) is 4.90 Å². The van der Waals surface area contributed by atoms with E-state index in [-0.39, 0.29) is 16.7 Å². The van der Waals surface area contributed by atoms with Gasteiger partial charge in [-0.25, -0.2) is 8.42 Å². The molecule has 1 aromatic carbocycles. The van der Waals surface area contributed by atoms with Gasteiger partial charge in [-0.3, -0.25) is 9.11 Å². The van der Waals surface area contributed by atoms with E-state index >= 15 is 0 Å². The Hall–Kier alpha value is -0.430. The monoisotopic (exact) mass is 347 g/mol. The molecular formula is C14H18ClNO3S2. The Morgan fingerprint density at radius 1 is 1.10 bits per heavy atom. The lowest BCUT2D eigenvalue weighted by Crippen LogP contribution is -2.45. The first-order valence-corrected chi connectivity index (χ1v) is 10.5. The zero-order valence-corrected chi connectivity index (χ0v) is 14.0. The molecule has 0 aromatic heterocycles. The summed E-state index contributed by atoms with van der Waals surface area (Å²) in [6.07, 6.45) is 2.19. The first-order valence-electron chi connectivity index (χ1n) is 7.07. The highest BCUT2D eigenvalue weighted by Crippen LogP contribution is 2.29. The van der Waals surface area contributed by atoms with E-state index < -0.39 is 25.9 Å². The second kappa shape index (κ2) is 5.99. The number of nitrogens with zero attached hydrogens (tertiary/aromatic N) is 1. The van der Waals surface area contributed by atoms with Crippen molar-refractivity contribution in [3.63, 3.8) is 0 Å². The topological polar surface area (TPSA) is 54.5 Å². The van der Waals surface area contributed by atoms with Crippen molar-refractivity contribution in [3.05, 3.63) is 29.3 Å². The Bertz CT molecular complexity index is 639. The van der Waals surface area contributed by atoms with Crippen LogP contribution in [-0.4, -0.2) is 53.4 Å². The summed E-state index contributed by atoms with van der Waals surface area (Å²) < 4.78 is 37.7. The van der Waals surface area contributed by atoms with Crippen molar-refractivity contribution in [1.29, 1.82) is 0 Å². The minimum absolute atomic E-state index is 0.117. The van der Waals surface area contributed by atoms with Crippen molar-refractivity contribution in [2.24, 2.45) is 0 Å². The predicted octanol–water partition coefficient (Wildman–Crippen LogP) is 1.71. The summed E-state index contributed by atoms with van der Waals surface area (Å²) in [7, 11) is -4.52. The third kappa shape index (κ3) is 3.04. The van der Waals surface area contributed by atoms with Gasteiger partial charge >= 0.3 is 0 Å². The molecule has 0 spiro atoms. The molecule has 0 N–H and O–H groups in total. The van der Waals surface area contributed by atoms with Crippen molar-refractivity contribution in [3.8, 4) is 0 Å². The average molecular weight is 348 g/mol. The van der Waals surface area contributed by atoms with Gasteiger partial charge in [0.1, 0.15) is 0 Å². The SMILES string of the molecule is O=S1C[C@H](N2CCCC2)[C@@H](S(=O)(=O)c2ccc(Cl)cc2)C1. The summed E-state index contributed by atoms with van der Waals surface area (Å²) in [6, 6.07) is 6.14. The molecule has 0 aliphatic carbocycles. The van der Waals surface area contributed by atoms with E-state index in [1.54, 1.807) is 24.3 Å². The molecule has 116 valence electrons. The highest BCUT2D eigenvalue weighted by atomic mass is 35.5. The fourth-order valence-electron chi connectivity index (χ4n) is 3.17. The van der Waals surface area contributed by atoms with Gasteiger partial charge in [0.15, 0.2) is 9.84 Å². The summed E-state index contributed by atoms with van der Waals surface area (Å²) in [5, 5.41) is -0.0577. The average Bonchev–Trinajstić information content (AvgIpc) is 3.08. The van der Waals surface area contributed by atoms with Crippen LogP contribution in [0, 0.1) is 0 Å². The number of hydrogen-bond donors (Lipinski definition) is 0. The van der Waals surface area contributed by atoms with E-state index in [0.29, 0.717) is 10.8 Å². The highest BCUT2D eigenvalue weighted by molar-refractivity contribution is 7.94. The molecule has 2 saturated heterocycles. The van der Waals surface area contributed by atoms with Gasteiger partial charge in [-0.05, 0) is 50.2 Å². The number of benzene rings is 1. The fraction of sp³-hybridized carbons (Fsp3) is 0.571. The molecule has 0 bridgehead atoms. The van der Waals surface area contributed by atoms with Crippen LogP contribution in [0.15, 0.2) is 29.2 Å². The second-order valence-electron chi connectivity index (χ2n) is 5.62. The molecule has 1 unspecified atom stereocenters.